The Morgan fingerprint density at radius 2 is 2.10 bits per heavy atom. The van der Waals surface area contributed by atoms with E-state index in [0.29, 0.717) is 12.3 Å². The molecule has 0 aromatic carbocycles. The molecule has 0 radical (unpaired) electrons. The highest BCUT2D eigenvalue weighted by Crippen LogP contribution is 2.32. The summed E-state index contributed by atoms with van der Waals surface area (Å²) in [5.41, 5.74) is 10.2. The molecule has 146 valence electrons. The molecule has 29 heavy (non-hydrogen) atoms. The van der Waals surface area contributed by atoms with Gasteiger partial charge in [-0.25, -0.2) is 0 Å². The molecule has 0 unspecified atom stereocenters. The molecule has 1 aliphatic heterocycles. The third kappa shape index (κ3) is 3.05. The summed E-state index contributed by atoms with van der Waals surface area (Å²) in [5.74, 6) is -0.539. The molecular formula is C20H19N7O2. The van der Waals surface area contributed by atoms with Crippen LogP contribution in [0, 0.1) is 6.92 Å². The first kappa shape index (κ1) is 17.5. The lowest BCUT2D eigenvalue weighted by atomic mass is 10.1. The van der Waals surface area contributed by atoms with Crippen LogP contribution in [0.2, 0.25) is 0 Å². The fourth-order valence-electron chi connectivity index (χ4n) is 3.60. The van der Waals surface area contributed by atoms with Gasteiger partial charge in [-0.2, -0.15) is 5.10 Å². The first-order valence-corrected chi connectivity index (χ1v) is 9.36. The fourth-order valence-corrected chi connectivity index (χ4v) is 3.60. The van der Waals surface area contributed by atoms with Gasteiger partial charge in [0.15, 0.2) is 5.65 Å². The molecule has 5 rings (SSSR count). The van der Waals surface area contributed by atoms with Gasteiger partial charge >= 0.3 is 0 Å². The monoisotopic (exact) mass is 389 g/mol. The summed E-state index contributed by atoms with van der Waals surface area (Å²) in [7, 11) is 0. The van der Waals surface area contributed by atoms with Crippen LogP contribution in [0.3, 0.4) is 0 Å². The number of aryl methyl sites for hydroxylation is 1. The normalized spacial score (nSPS) is 16.5. The van der Waals surface area contributed by atoms with E-state index in [0.717, 1.165) is 41.2 Å². The quantitative estimate of drug-likeness (QED) is 0.571. The molecule has 1 aliphatic rings. The Balaban J connectivity index is 1.69. The minimum atomic E-state index is -0.631. The maximum atomic E-state index is 11.7. The summed E-state index contributed by atoms with van der Waals surface area (Å²) < 4.78 is 9.08. The number of hydrogen-bond acceptors (Lipinski definition) is 6. The second-order valence-corrected chi connectivity index (χ2v) is 7.09. The van der Waals surface area contributed by atoms with Crippen LogP contribution in [-0.4, -0.2) is 48.5 Å². The van der Waals surface area contributed by atoms with Crippen molar-refractivity contribution >= 4 is 11.6 Å². The predicted octanol–water partition coefficient (Wildman–Crippen LogP) is 2.02. The lowest BCUT2D eigenvalue weighted by Crippen LogP contribution is -2.15. The van der Waals surface area contributed by atoms with Crippen molar-refractivity contribution in [3.63, 3.8) is 0 Å². The highest BCUT2D eigenvalue weighted by molar-refractivity contribution is 5.90. The maximum Gasteiger partial charge on any atom is 0.287 e. The van der Waals surface area contributed by atoms with Crippen molar-refractivity contribution in [1.82, 2.24) is 29.4 Å². The number of carbonyl (C=O) groups excluding carboxylic acids is 1. The molecule has 4 aromatic heterocycles. The number of hydrogen-bond donors (Lipinski definition) is 1. The summed E-state index contributed by atoms with van der Waals surface area (Å²) >= 11 is 0. The molecule has 1 atom stereocenters. The van der Waals surface area contributed by atoms with Gasteiger partial charge in [0.05, 0.1) is 18.3 Å². The van der Waals surface area contributed by atoms with Gasteiger partial charge in [0.25, 0.3) is 5.91 Å². The molecule has 2 N–H and O–H groups in total. The van der Waals surface area contributed by atoms with Gasteiger partial charge in [0.1, 0.15) is 5.69 Å². The number of amides is 1. The first-order valence-electron chi connectivity index (χ1n) is 9.36. The summed E-state index contributed by atoms with van der Waals surface area (Å²) in [6.07, 6.45) is 4.73. The lowest BCUT2D eigenvalue weighted by Gasteiger charge is -2.07. The van der Waals surface area contributed by atoms with Crippen LogP contribution in [0.1, 0.15) is 28.8 Å². The van der Waals surface area contributed by atoms with E-state index in [4.69, 9.17) is 15.6 Å². The van der Waals surface area contributed by atoms with Crippen LogP contribution in [0.15, 0.2) is 42.7 Å². The first-order chi connectivity index (χ1) is 14.1. The molecule has 9 heteroatoms. The number of primary amides is 1. The number of carbonyl (C=O) groups is 1. The smallest absolute Gasteiger partial charge is 0.287 e. The molecular weight excluding hydrogens is 370 g/mol. The Kier molecular flexibility index (Phi) is 4.09. The standard InChI is InChI=1S/C20H19N7O2/c1-12-3-2-4-16(22-12)18-15(10-27(25-18)14-7-8-29-11-14)13-5-6-17-23-24-20(19(21)28)26(17)9-13/h2-6,9-10,14H,7-8,11H2,1H3,(H2,21,28)/t14-/m0/s1. The van der Waals surface area contributed by atoms with Gasteiger partial charge in [0, 0.05) is 35.8 Å². The van der Waals surface area contributed by atoms with Gasteiger partial charge < -0.3 is 10.5 Å². The van der Waals surface area contributed by atoms with Crippen LogP contribution in [0.25, 0.3) is 28.2 Å². The largest absolute Gasteiger partial charge is 0.379 e. The van der Waals surface area contributed by atoms with E-state index < -0.39 is 5.91 Å². The Bertz CT molecular complexity index is 1220. The molecule has 4 aromatic rings. The van der Waals surface area contributed by atoms with Gasteiger partial charge in [-0.15, -0.1) is 10.2 Å². The van der Waals surface area contributed by atoms with Crippen LogP contribution in [-0.2, 0) is 4.74 Å². The molecule has 9 nitrogen and oxygen atoms in total. The average molecular weight is 389 g/mol. The fraction of sp³-hybridized carbons (Fsp3) is 0.250. The zero-order valence-corrected chi connectivity index (χ0v) is 15.8. The highest BCUT2D eigenvalue weighted by atomic mass is 16.5. The maximum absolute atomic E-state index is 11.7. The number of nitrogens with two attached hydrogens (primary N) is 1. The van der Waals surface area contributed by atoms with Crippen molar-refractivity contribution in [3.8, 4) is 22.5 Å². The van der Waals surface area contributed by atoms with E-state index in [-0.39, 0.29) is 11.9 Å². The summed E-state index contributed by atoms with van der Waals surface area (Å²) in [4.78, 5) is 16.3. The van der Waals surface area contributed by atoms with Crippen molar-refractivity contribution < 1.29 is 9.53 Å². The molecule has 1 amide bonds. The van der Waals surface area contributed by atoms with Crippen LogP contribution < -0.4 is 5.73 Å². The SMILES string of the molecule is Cc1cccc(-c2nn([C@H]3CCOC3)cc2-c2ccc3nnc(C(N)=O)n3c2)n1. The minimum Gasteiger partial charge on any atom is -0.379 e. The Morgan fingerprint density at radius 1 is 1.21 bits per heavy atom. The van der Waals surface area contributed by atoms with E-state index >= 15 is 0 Å². The van der Waals surface area contributed by atoms with Crippen molar-refractivity contribution in [3.05, 3.63) is 54.2 Å². The minimum absolute atomic E-state index is 0.0914. The van der Waals surface area contributed by atoms with E-state index in [1.807, 2.05) is 42.1 Å². The molecule has 0 saturated carbocycles. The lowest BCUT2D eigenvalue weighted by molar-refractivity contribution is 0.0989. The van der Waals surface area contributed by atoms with Crippen molar-refractivity contribution in [2.45, 2.75) is 19.4 Å². The molecule has 0 aliphatic carbocycles. The van der Waals surface area contributed by atoms with Gasteiger partial charge in [-0.1, -0.05) is 6.07 Å². The predicted molar refractivity (Wildman–Crippen MR) is 105 cm³/mol. The van der Waals surface area contributed by atoms with Crippen molar-refractivity contribution in [1.29, 1.82) is 0 Å². The second kappa shape index (κ2) is 6.78. The van der Waals surface area contributed by atoms with Gasteiger partial charge in [0.2, 0.25) is 5.82 Å². The number of pyridine rings is 2. The van der Waals surface area contributed by atoms with E-state index in [1.165, 1.54) is 0 Å². The number of ether oxygens (including phenoxy) is 1. The zero-order valence-electron chi connectivity index (χ0n) is 15.8. The Labute approximate surface area is 166 Å². The van der Waals surface area contributed by atoms with Crippen molar-refractivity contribution in [2.75, 3.05) is 13.2 Å². The Morgan fingerprint density at radius 3 is 2.86 bits per heavy atom. The number of fused-ring (bicyclic) bond motifs is 1. The number of nitrogens with zero attached hydrogens (tertiary/aromatic N) is 6. The van der Waals surface area contributed by atoms with Crippen LogP contribution in [0.5, 0.6) is 0 Å². The molecule has 0 spiro atoms. The van der Waals surface area contributed by atoms with Crippen LogP contribution >= 0.6 is 0 Å². The topological polar surface area (TPSA) is 113 Å². The highest BCUT2D eigenvalue weighted by Gasteiger charge is 2.23. The third-order valence-corrected chi connectivity index (χ3v) is 5.08. The van der Waals surface area contributed by atoms with Crippen LogP contribution in [0.4, 0.5) is 0 Å². The van der Waals surface area contributed by atoms with Gasteiger partial charge in [-0.05, 0) is 37.6 Å². The molecule has 1 fully saturated rings. The molecule has 5 heterocycles. The number of rotatable bonds is 4. The summed E-state index contributed by atoms with van der Waals surface area (Å²) in [6, 6.07) is 9.78. The number of aromatic nitrogens is 6. The summed E-state index contributed by atoms with van der Waals surface area (Å²) in [5, 5.41) is 12.7. The average Bonchev–Trinajstić information content (AvgIpc) is 3.45. The second-order valence-electron chi connectivity index (χ2n) is 7.09. The molecule has 0 bridgehead atoms. The molecule has 1 saturated heterocycles. The van der Waals surface area contributed by atoms with Gasteiger partial charge in [-0.3, -0.25) is 18.9 Å². The van der Waals surface area contributed by atoms with E-state index in [2.05, 4.69) is 15.2 Å². The Hall–Kier alpha value is -3.59. The van der Waals surface area contributed by atoms with Crippen molar-refractivity contribution in [2.24, 2.45) is 5.73 Å². The van der Waals surface area contributed by atoms with E-state index in [1.54, 1.807) is 16.7 Å². The third-order valence-electron chi connectivity index (χ3n) is 5.08. The van der Waals surface area contributed by atoms with E-state index in [9.17, 15) is 4.79 Å². The zero-order chi connectivity index (χ0) is 20.0. The summed E-state index contributed by atoms with van der Waals surface area (Å²) in [6.45, 7) is 3.32.